The molecule has 134 valence electrons. The highest BCUT2D eigenvalue weighted by molar-refractivity contribution is 7.99. The van der Waals surface area contributed by atoms with Crippen LogP contribution in [0.15, 0.2) is 23.1 Å². The number of carbonyl (C=O) groups is 1. The Balaban J connectivity index is 1.69. The summed E-state index contributed by atoms with van der Waals surface area (Å²) in [5, 5.41) is 2.92. The summed E-state index contributed by atoms with van der Waals surface area (Å²) in [6.45, 7) is 5.36. The van der Waals surface area contributed by atoms with Crippen molar-refractivity contribution in [3.63, 3.8) is 0 Å². The van der Waals surface area contributed by atoms with Gasteiger partial charge in [-0.1, -0.05) is 0 Å². The van der Waals surface area contributed by atoms with Crippen LogP contribution in [0.3, 0.4) is 0 Å². The Labute approximate surface area is 149 Å². The van der Waals surface area contributed by atoms with Gasteiger partial charge in [0, 0.05) is 29.3 Å². The Morgan fingerprint density at radius 3 is 2.71 bits per heavy atom. The van der Waals surface area contributed by atoms with Gasteiger partial charge >= 0.3 is 0 Å². The van der Waals surface area contributed by atoms with E-state index in [0.29, 0.717) is 25.8 Å². The first-order chi connectivity index (χ1) is 11.2. The normalized spacial score (nSPS) is 14.5. The smallest absolute Gasteiger partial charge is 0.224 e. The molecule has 1 aliphatic heterocycles. The van der Waals surface area contributed by atoms with Gasteiger partial charge in [0.1, 0.15) is 0 Å². The first-order valence-electron chi connectivity index (χ1n) is 8.24. The number of carbonyl (C=O) groups excluding carboxylic acids is 1. The van der Waals surface area contributed by atoms with Crippen molar-refractivity contribution in [1.82, 2.24) is 4.72 Å². The van der Waals surface area contributed by atoms with E-state index in [0.717, 1.165) is 17.9 Å². The fraction of sp³-hybridized carbons (Fsp3) is 0.588. The molecule has 5 nitrogen and oxygen atoms in total. The van der Waals surface area contributed by atoms with Crippen LogP contribution in [-0.2, 0) is 21.2 Å². The number of nitrogens with one attached hydrogen (secondary N) is 2. The van der Waals surface area contributed by atoms with Crippen molar-refractivity contribution >= 4 is 33.4 Å². The fourth-order valence-corrected chi connectivity index (χ4v) is 4.22. The number of hydrogen-bond acceptors (Lipinski definition) is 4. The summed E-state index contributed by atoms with van der Waals surface area (Å²) >= 11 is 1.85. The maximum absolute atomic E-state index is 12.0. The van der Waals surface area contributed by atoms with Crippen molar-refractivity contribution in [2.45, 2.75) is 56.1 Å². The number of benzene rings is 1. The van der Waals surface area contributed by atoms with Gasteiger partial charge in [-0.15, -0.1) is 11.8 Å². The number of aryl methyl sites for hydroxylation is 1. The number of fused-ring (bicyclic) bond motifs is 1. The van der Waals surface area contributed by atoms with Crippen LogP contribution in [0.1, 0.15) is 45.6 Å². The molecule has 0 atom stereocenters. The minimum atomic E-state index is -3.31. The number of hydrogen-bond donors (Lipinski definition) is 2. The van der Waals surface area contributed by atoms with Crippen molar-refractivity contribution in [3.8, 4) is 0 Å². The van der Waals surface area contributed by atoms with Crippen molar-refractivity contribution in [3.05, 3.63) is 23.8 Å². The quantitative estimate of drug-likeness (QED) is 0.723. The van der Waals surface area contributed by atoms with Gasteiger partial charge in [-0.3, -0.25) is 4.79 Å². The minimum absolute atomic E-state index is 0.0284. The number of rotatable bonds is 7. The zero-order valence-corrected chi connectivity index (χ0v) is 16.1. The Hall–Kier alpha value is -1.05. The van der Waals surface area contributed by atoms with Crippen LogP contribution < -0.4 is 10.0 Å². The Morgan fingerprint density at radius 1 is 1.25 bits per heavy atom. The third-order valence-corrected chi connectivity index (χ3v) is 7.22. The fourth-order valence-electron chi connectivity index (χ4n) is 2.32. The molecule has 1 amide bonds. The molecule has 2 N–H and O–H groups in total. The van der Waals surface area contributed by atoms with Crippen LogP contribution in [0, 0.1) is 0 Å². The van der Waals surface area contributed by atoms with Crippen molar-refractivity contribution in [1.29, 1.82) is 0 Å². The lowest BCUT2D eigenvalue weighted by Crippen LogP contribution is -2.39. The molecule has 0 fully saturated rings. The van der Waals surface area contributed by atoms with Gasteiger partial charge in [-0.25, -0.2) is 13.1 Å². The number of unbranched alkanes of at least 4 members (excludes halogenated alkanes) is 1. The van der Waals surface area contributed by atoms with Gasteiger partial charge in [0.25, 0.3) is 0 Å². The summed E-state index contributed by atoms with van der Waals surface area (Å²) < 4.78 is 25.6. The number of amides is 1. The van der Waals surface area contributed by atoms with Crippen LogP contribution in [0.5, 0.6) is 0 Å². The second kappa shape index (κ2) is 7.89. The van der Waals surface area contributed by atoms with E-state index < -0.39 is 14.8 Å². The molecule has 1 heterocycles. The standard InChI is InChI=1S/C17H26N2O3S2/c1-17(2,3)24(21,22)18-10-5-4-6-16(20)19-14-7-8-15-13(12-14)9-11-23-15/h7-8,12,18H,4-6,9-11H2,1-3H3,(H,19,20). The molecule has 0 saturated carbocycles. The molecular formula is C17H26N2O3S2. The number of thioether (sulfide) groups is 1. The molecule has 0 bridgehead atoms. The molecule has 0 aromatic heterocycles. The molecule has 24 heavy (non-hydrogen) atoms. The summed E-state index contributed by atoms with van der Waals surface area (Å²) in [6.07, 6.45) is 2.74. The molecule has 2 rings (SSSR count). The molecule has 1 aromatic carbocycles. The summed E-state index contributed by atoms with van der Waals surface area (Å²) in [6, 6.07) is 6.04. The van der Waals surface area contributed by atoms with Gasteiger partial charge < -0.3 is 5.32 Å². The van der Waals surface area contributed by atoms with Gasteiger partial charge in [-0.2, -0.15) is 0 Å². The van der Waals surface area contributed by atoms with Crippen LogP contribution in [0.4, 0.5) is 5.69 Å². The van der Waals surface area contributed by atoms with E-state index in [9.17, 15) is 13.2 Å². The number of anilines is 1. The highest BCUT2D eigenvalue weighted by Gasteiger charge is 2.27. The van der Waals surface area contributed by atoms with E-state index in [2.05, 4.69) is 16.1 Å². The number of sulfonamides is 1. The highest BCUT2D eigenvalue weighted by atomic mass is 32.2. The lowest BCUT2D eigenvalue weighted by molar-refractivity contribution is -0.116. The zero-order chi connectivity index (χ0) is 17.8. The SMILES string of the molecule is CC(C)(C)S(=O)(=O)NCCCCC(=O)Nc1ccc2c(c1)CCS2. The maximum atomic E-state index is 12.0. The molecule has 0 aliphatic carbocycles. The molecular weight excluding hydrogens is 344 g/mol. The summed E-state index contributed by atoms with van der Waals surface area (Å²) in [7, 11) is -3.31. The second-order valence-electron chi connectivity index (χ2n) is 6.94. The average molecular weight is 371 g/mol. The molecule has 1 aromatic rings. The third-order valence-electron chi connectivity index (χ3n) is 3.90. The molecule has 0 saturated heterocycles. The predicted octanol–water partition coefficient (Wildman–Crippen LogP) is 3.16. The highest BCUT2D eigenvalue weighted by Crippen LogP contribution is 2.32. The maximum Gasteiger partial charge on any atom is 0.224 e. The summed E-state index contributed by atoms with van der Waals surface area (Å²) in [5.74, 6) is 1.08. The molecule has 0 spiro atoms. The molecule has 0 unspecified atom stereocenters. The van der Waals surface area contributed by atoms with Crippen LogP contribution in [-0.4, -0.2) is 31.4 Å². The van der Waals surface area contributed by atoms with Crippen molar-refractivity contribution in [2.24, 2.45) is 0 Å². The lowest BCUT2D eigenvalue weighted by Gasteiger charge is -2.19. The molecule has 1 aliphatic rings. The van der Waals surface area contributed by atoms with Crippen molar-refractivity contribution < 1.29 is 13.2 Å². The zero-order valence-electron chi connectivity index (χ0n) is 14.5. The van der Waals surface area contributed by atoms with Crippen LogP contribution in [0.25, 0.3) is 0 Å². The first kappa shape index (κ1) is 19.3. The minimum Gasteiger partial charge on any atom is -0.326 e. The summed E-state index contributed by atoms with van der Waals surface area (Å²) in [5.41, 5.74) is 2.14. The average Bonchev–Trinajstić information content (AvgIpc) is 2.93. The Morgan fingerprint density at radius 2 is 2.00 bits per heavy atom. The van der Waals surface area contributed by atoms with E-state index in [1.165, 1.54) is 10.5 Å². The monoisotopic (exact) mass is 370 g/mol. The van der Waals surface area contributed by atoms with E-state index in [1.807, 2.05) is 23.9 Å². The predicted molar refractivity (Wildman–Crippen MR) is 100 cm³/mol. The van der Waals surface area contributed by atoms with Gasteiger partial charge in [-0.05, 0) is 63.8 Å². The van der Waals surface area contributed by atoms with Crippen molar-refractivity contribution in [2.75, 3.05) is 17.6 Å². The Kier molecular flexibility index (Phi) is 6.33. The van der Waals surface area contributed by atoms with E-state index in [-0.39, 0.29) is 5.91 Å². The van der Waals surface area contributed by atoms with Crippen LogP contribution in [0.2, 0.25) is 0 Å². The topological polar surface area (TPSA) is 75.3 Å². The second-order valence-corrected chi connectivity index (χ2v) is 10.6. The van der Waals surface area contributed by atoms with Gasteiger partial charge in [0.15, 0.2) is 0 Å². The molecule has 0 radical (unpaired) electrons. The third kappa shape index (κ3) is 5.22. The Bertz CT molecular complexity index is 694. The lowest BCUT2D eigenvalue weighted by atomic mass is 10.1. The largest absolute Gasteiger partial charge is 0.326 e. The van der Waals surface area contributed by atoms with E-state index in [4.69, 9.17) is 0 Å². The van der Waals surface area contributed by atoms with Crippen LogP contribution >= 0.6 is 11.8 Å². The van der Waals surface area contributed by atoms with Gasteiger partial charge in [0.2, 0.25) is 15.9 Å². The molecule has 7 heteroatoms. The first-order valence-corrected chi connectivity index (χ1v) is 10.7. The summed E-state index contributed by atoms with van der Waals surface area (Å²) in [4.78, 5) is 13.3. The van der Waals surface area contributed by atoms with Gasteiger partial charge in [0.05, 0.1) is 4.75 Å². The van der Waals surface area contributed by atoms with E-state index >= 15 is 0 Å². The van der Waals surface area contributed by atoms with E-state index in [1.54, 1.807) is 20.8 Å².